The van der Waals surface area contributed by atoms with E-state index in [1.54, 1.807) is 10.7 Å². The molecule has 0 radical (unpaired) electrons. The molecule has 0 spiro atoms. The molecule has 0 aromatic carbocycles. The lowest BCUT2D eigenvalue weighted by molar-refractivity contribution is 0.122. The average Bonchev–Trinajstić information content (AvgIpc) is 3.27. The van der Waals surface area contributed by atoms with Crippen LogP contribution in [0.2, 0.25) is 0 Å². The molecule has 2 saturated heterocycles. The Kier molecular flexibility index (Phi) is 4.89. The highest BCUT2D eigenvalue weighted by molar-refractivity contribution is 5.49. The smallest absolute Gasteiger partial charge is 0.227 e. The second kappa shape index (κ2) is 7.82. The van der Waals surface area contributed by atoms with E-state index in [0.29, 0.717) is 6.04 Å². The topological polar surface area (TPSA) is 74.9 Å². The number of likely N-dealkylation sites (N-methyl/N-ethyl adjacent to an activating group) is 1. The van der Waals surface area contributed by atoms with Gasteiger partial charge in [-0.1, -0.05) is 0 Å². The van der Waals surface area contributed by atoms with E-state index in [-0.39, 0.29) is 0 Å². The molecule has 152 valence electrons. The van der Waals surface area contributed by atoms with Crippen LogP contribution in [-0.4, -0.2) is 77.0 Å². The van der Waals surface area contributed by atoms with E-state index in [9.17, 15) is 0 Å². The van der Waals surface area contributed by atoms with E-state index in [4.69, 9.17) is 14.7 Å². The molecular weight excluding hydrogens is 368 g/mol. The molecule has 29 heavy (non-hydrogen) atoms. The second-order valence-electron chi connectivity index (χ2n) is 7.59. The Morgan fingerprint density at radius 2 is 1.86 bits per heavy atom. The van der Waals surface area contributed by atoms with Gasteiger partial charge in [-0.25, -0.2) is 14.5 Å². The first-order valence-corrected chi connectivity index (χ1v) is 10.2. The fraction of sp³-hybridized carbons (Fsp3) is 0.500. The van der Waals surface area contributed by atoms with Crippen LogP contribution in [0.5, 0.6) is 0 Å². The van der Waals surface area contributed by atoms with Crippen molar-refractivity contribution in [1.82, 2.24) is 24.6 Å². The van der Waals surface area contributed by atoms with Crippen molar-refractivity contribution < 1.29 is 4.74 Å². The van der Waals surface area contributed by atoms with Crippen LogP contribution in [0.1, 0.15) is 12.8 Å². The zero-order chi connectivity index (χ0) is 19.6. The van der Waals surface area contributed by atoms with Crippen molar-refractivity contribution in [3.8, 4) is 0 Å². The first kappa shape index (κ1) is 18.1. The number of hydrogen-bond acceptors (Lipinski definition) is 8. The first-order valence-electron chi connectivity index (χ1n) is 10.2. The van der Waals surface area contributed by atoms with Gasteiger partial charge in [0.15, 0.2) is 5.65 Å². The molecule has 0 N–H and O–H groups in total. The first-order chi connectivity index (χ1) is 14.3. The summed E-state index contributed by atoms with van der Waals surface area (Å²) in [6, 6.07) is 6.30. The number of aromatic nitrogens is 5. The molecule has 0 amide bonds. The number of piperidine rings is 1. The molecule has 1 atom stereocenters. The van der Waals surface area contributed by atoms with Gasteiger partial charge in [0.05, 0.1) is 19.4 Å². The maximum Gasteiger partial charge on any atom is 0.227 e. The molecule has 2 fully saturated rings. The average molecular weight is 394 g/mol. The number of ether oxygens (including phenoxy) is 1. The number of hydrogen-bond donors (Lipinski definition) is 0. The van der Waals surface area contributed by atoms with Gasteiger partial charge in [-0.3, -0.25) is 0 Å². The Hall–Kier alpha value is -2.94. The van der Waals surface area contributed by atoms with Crippen LogP contribution in [0, 0.1) is 0 Å². The summed E-state index contributed by atoms with van der Waals surface area (Å²) < 4.78 is 7.25. The zero-order valence-corrected chi connectivity index (χ0v) is 16.7. The van der Waals surface area contributed by atoms with E-state index in [2.05, 4.69) is 31.8 Å². The van der Waals surface area contributed by atoms with Crippen molar-refractivity contribution in [2.45, 2.75) is 18.9 Å². The molecule has 3 aromatic rings. The van der Waals surface area contributed by atoms with Gasteiger partial charge in [-0.05, 0) is 25.0 Å². The number of morpholine rings is 1. The van der Waals surface area contributed by atoms with E-state index in [0.717, 1.165) is 75.5 Å². The minimum Gasteiger partial charge on any atom is -0.378 e. The third kappa shape index (κ3) is 3.69. The van der Waals surface area contributed by atoms with Gasteiger partial charge in [0.25, 0.3) is 0 Å². The predicted octanol–water partition coefficient (Wildman–Crippen LogP) is 1.46. The summed E-state index contributed by atoms with van der Waals surface area (Å²) >= 11 is 0. The Morgan fingerprint density at radius 1 is 1.00 bits per heavy atom. The highest BCUT2D eigenvalue weighted by Gasteiger charge is 2.26. The summed E-state index contributed by atoms with van der Waals surface area (Å²) in [6.45, 7) is 5.16. The Labute approximate surface area is 169 Å². The lowest BCUT2D eigenvalue weighted by Gasteiger charge is -2.38. The number of anilines is 3. The van der Waals surface area contributed by atoms with E-state index in [1.165, 1.54) is 0 Å². The maximum absolute atomic E-state index is 5.46. The molecule has 1 unspecified atom stereocenters. The van der Waals surface area contributed by atoms with Crippen molar-refractivity contribution in [2.75, 3.05) is 61.1 Å². The fourth-order valence-electron chi connectivity index (χ4n) is 4.10. The number of fused-ring (bicyclic) bond motifs is 1. The van der Waals surface area contributed by atoms with Crippen molar-refractivity contribution in [3.63, 3.8) is 0 Å². The quantitative estimate of drug-likeness (QED) is 0.658. The molecule has 5 heterocycles. The minimum atomic E-state index is 0.339. The van der Waals surface area contributed by atoms with Crippen LogP contribution in [0.25, 0.3) is 5.65 Å². The van der Waals surface area contributed by atoms with Crippen molar-refractivity contribution in [1.29, 1.82) is 0 Å². The normalized spacial score (nSPS) is 20.2. The minimum absolute atomic E-state index is 0.339. The molecule has 0 bridgehead atoms. The Balaban J connectivity index is 1.32. The third-order valence-electron chi connectivity index (χ3n) is 5.79. The summed E-state index contributed by atoms with van der Waals surface area (Å²) in [7, 11) is 2.10. The van der Waals surface area contributed by atoms with Crippen LogP contribution >= 0.6 is 0 Å². The molecule has 5 rings (SSSR count). The van der Waals surface area contributed by atoms with Gasteiger partial charge < -0.3 is 19.4 Å². The third-order valence-corrected chi connectivity index (χ3v) is 5.79. The summed E-state index contributed by atoms with van der Waals surface area (Å²) in [5, 5.41) is 4.23. The highest BCUT2D eigenvalue weighted by Crippen LogP contribution is 2.24. The lowest BCUT2D eigenvalue weighted by Crippen LogP contribution is -2.47. The number of nitrogens with zero attached hydrogens (tertiary/aromatic N) is 8. The highest BCUT2D eigenvalue weighted by atomic mass is 16.5. The predicted molar refractivity (Wildman–Crippen MR) is 112 cm³/mol. The summed E-state index contributed by atoms with van der Waals surface area (Å²) in [5.74, 6) is 2.75. The van der Waals surface area contributed by atoms with Crippen LogP contribution in [-0.2, 0) is 4.74 Å². The molecule has 0 saturated carbocycles. The Bertz CT molecular complexity index is 970. The monoisotopic (exact) mass is 394 g/mol. The Morgan fingerprint density at radius 3 is 2.76 bits per heavy atom. The van der Waals surface area contributed by atoms with Crippen LogP contribution in [0.15, 0.2) is 36.8 Å². The van der Waals surface area contributed by atoms with Crippen LogP contribution < -0.4 is 14.7 Å². The van der Waals surface area contributed by atoms with Gasteiger partial charge in [0.1, 0.15) is 11.6 Å². The van der Waals surface area contributed by atoms with Crippen LogP contribution in [0.3, 0.4) is 0 Å². The molecule has 0 aliphatic carbocycles. The molecular formula is C20H26N8O. The summed E-state index contributed by atoms with van der Waals surface area (Å²) in [6.07, 6.45) is 7.84. The standard InChI is InChI=1S/C20H26N8O/c1-25(20-21-7-4-17(24-20)26-11-13-29-14-12-26)16-3-2-9-27(15-16)18-6-10-28-19(23-18)5-8-22-28/h4-8,10,16H,2-3,9,11-15H2,1H3. The molecule has 2 aliphatic heterocycles. The second-order valence-corrected chi connectivity index (χ2v) is 7.59. The van der Waals surface area contributed by atoms with Gasteiger partial charge in [0, 0.05) is 57.7 Å². The van der Waals surface area contributed by atoms with Crippen LogP contribution in [0.4, 0.5) is 17.6 Å². The van der Waals surface area contributed by atoms with E-state index in [1.807, 2.05) is 30.6 Å². The lowest BCUT2D eigenvalue weighted by atomic mass is 10.0. The van der Waals surface area contributed by atoms with Gasteiger partial charge in [0.2, 0.25) is 5.95 Å². The molecule has 2 aliphatic rings. The van der Waals surface area contributed by atoms with Gasteiger partial charge >= 0.3 is 0 Å². The molecule has 9 nitrogen and oxygen atoms in total. The van der Waals surface area contributed by atoms with Crippen molar-refractivity contribution in [2.24, 2.45) is 0 Å². The van der Waals surface area contributed by atoms with E-state index >= 15 is 0 Å². The van der Waals surface area contributed by atoms with E-state index < -0.39 is 0 Å². The largest absolute Gasteiger partial charge is 0.378 e. The van der Waals surface area contributed by atoms with Crippen molar-refractivity contribution >= 4 is 23.2 Å². The summed E-state index contributed by atoms with van der Waals surface area (Å²) in [5.41, 5.74) is 0.875. The molecule has 3 aromatic heterocycles. The van der Waals surface area contributed by atoms with Gasteiger partial charge in [-0.15, -0.1) is 0 Å². The summed E-state index contributed by atoms with van der Waals surface area (Å²) in [4.78, 5) is 21.0. The van der Waals surface area contributed by atoms with Gasteiger partial charge in [-0.2, -0.15) is 10.1 Å². The number of rotatable bonds is 4. The molecule has 9 heteroatoms. The zero-order valence-electron chi connectivity index (χ0n) is 16.7. The maximum atomic E-state index is 5.46. The van der Waals surface area contributed by atoms with Crippen molar-refractivity contribution in [3.05, 3.63) is 36.8 Å². The fourth-order valence-corrected chi connectivity index (χ4v) is 4.10. The SMILES string of the molecule is CN(c1nccc(N2CCOCC2)n1)C1CCCN(c2ccn3nccc3n2)C1.